The average Bonchev–Trinajstić information content (AvgIpc) is 1.25. The number of rotatable bonds is 1. The lowest BCUT2D eigenvalue weighted by atomic mass is 10.4. The molecule has 0 rings (SSSR count). The Morgan fingerprint density at radius 2 is 1.12 bits per heavy atom. The van der Waals surface area contributed by atoms with Crippen molar-refractivity contribution in [3.8, 4) is 0 Å². The van der Waals surface area contributed by atoms with Crippen LogP contribution in [0.15, 0.2) is 0 Å². The molecule has 0 fully saturated rings. The minimum absolute atomic E-state index is 1.28. The van der Waals surface area contributed by atoms with Crippen molar-refractivity contribution in [1.82, 2.24) is 0 Å². The van der Waals surface area contributed by atoms with Gasteiger partial charge in [0.05, 0.1) is 0 Å². The van der Waals surface area contributed by atoms with E-state index < -0.39 is 13.8 Å². The predicted octanol–water partition coefficient (Wildman–Crippen LogP) is 2.24. The minimum atomic E-state index is -4.53. The van der Waals surface area contributed by atoms with E-state index >= 15 is 0 Å². The Morgan fingerprint density at radius 1 is 1.00 bits per heavy atom. The van der Waals surface area contributed by atoms with Crippen LogP contribution < -0.4 is 0 Å². The van der Waals surface area contributed by atoms with Crippen molar-refractivity contribution in [2.75, 3.05) is 20.0 Å². The van der Waals surface area contributed by atoms with Gasteiger partial charge in [-0.15, -0.1) is 0 Å². The predicted molar refractivity (Wildman–Crippen MR) is 33.8 cm³/mol. The topological polar surface area (TPSA) is 0 Å². The van der Waals surface area contributed by atoms with Gasteiger partial charge in [-0.3, -0.25) is 0 Å². The molecular formula is C3H9BF3P. The van der Waals surface area contributed by atoms with E-state index in [-0.39, 0.29) is 0 Å². The summed E-state index contributed by atoms with van der Waals surface area (Å²) in [5.74, 6) is 0. The first-order valence-electron chi connectivity index (χ1n) is 2.25. The van der Waals surface area contributed by atoms with Crippen LogP contribution in [0, 0.1) is 0 Å². The summed E-state index contributed by atoms with van der Waals surface area (Å²) in [6, 6.07) is 0. The van der Waals surface area contributed by atoms with Gasteiger partial charge in [-0.25, -0.2) is 0 Å². The molecule has 0 aliphatic carbocycles. The molecule has 0 aliphatic rings. The van der Waals surface area contributed by atoms with E-state index in [1.165, 1.54) is 20.0 Å². The molecule has 0 aromatic carbocycles. The summed E-state index contributed by atoms with van der Waals surface area (Å²) in [6.07, 6.45) is 0. The maximum atomic E-state index is 11.7. The Kier molecular flexibility index (Phi) is 1.97. The van der Waals surface area contributed by atoms with Gasteiger partial charge in [-0.05, 0) is 7.14 Å². The molecule has 50 valence electrons. The molecule has 0 atom stereocenters. The molecule has 5 heteroatoms. The van der Waals surface area contributed by atoms with Gasteiger partial charge in [0.25, 0.3) is 0 Å². The second-order valence-corrected chi connectivity index (χ2v) is 7.47. The lowest BCUT2D eigenvalue weighted by Crippen LogP contribution is -2.18. The zero-order chi connectivity index (χ0) is 7.00. The highest BCUT2D eigenvalue weighted by molar-refractivity contribution is 8.03. The monoisotopic (exact) mass is 144 g/mol. The summed E-state index contributed by atoms with van der Waals surface area (Å²) in [5, 5.41) is 0. The molecular weight excluding hydrogens is 135 g/mol. The summed E-state index contributed by atoms with van der Waals surface area (Å²) in [7, 11) is -2.54. The highest BCUT2D eigenvalue weighted by Crippen LogP contribution is 2.58. The van der Waals surface area contributed by atoms with Crippen LogP contribution in [0.2, 0.25) is 0 Å². The second kappa shape index (κ2) is 1.91. The smallest absolute Gasteiger partial charge is 0.410 e. The van der Waals surface area contributed by atoms with Crippen molar-refractivity contribution < 1.29 is 12.9 Å². The molecule has 0 N–H and O–H groups in total. The molecule has 0 unspecified atom stereocenters. The third-order valence-corrected chi connectivity index (χ3v) is 2.63. The van der Waals surface area contributed by atoms with E-state index in [4.69, 9.17) is 0 Å². The molecule has 0 nitrogen and oxygen atoms in total. The first-order chi connectivity index (χ1) is 3.25. The first-order valence-corrected chi connectivity index (χ1v) is 5.45. The van der Waals surface area contributed by atoms with Crippen LogP contribution in [0.4, 0.5) is 12.9 Å². The summed E-state index contributed by atoms with van der Waals surface area (Å²) in [5.41, 5.74) is 0. The van der Waals surface area contributed by atoms with Gasteiger partial charge in [0.15, 0.2) is 0 Å². The Balaban J connectivity index is 4.02. The van der Waals surface area contributed by atoms with Crippen molar-refractivity contribution in [2.45, 2.75) is 0 Å². The normalized spacial score (nSPS) is 14.2. The van der Waals surface area contributed by atoms with Gasteiger partial charge < -0.3 is 12.9 Å². The van der Waals surface area contributed by atoms with Crippen LogP contribution in [0.25, 0.3) is 0 Å². The molecule has 0 heterocycles. The van der Waals surface area contributed by atoms with E-state index in [9.17, 15) is 12.9 Å². The Hall–Kier alpha value is 0.285. The van der Waals surface area contributed by atoms with Crippen LogP contribution in [0.1, 0.15) is 0 Å². The summed E-state index contributed by atoms with van der Waals surface area (Å²) >= 11 is 0. The third kappa shape index (κ3) is 2.04. The van der Waals surface area contributed by atoms with E-state index in [1.54, 1.807) is 0 Å². The number of hydrogen-bond acceptors (Lipinski definition) is 0. The van der Waals surface area contributed by atoms with Gasteiger partial charge in [0, 0.05) is 20.0 Å². The van der Waals surface area contributed by atoms with E-state index in [0.717, 1.165) is 0 Å². The van der Waals surface area contributed by atoms with Crippen LogP contribution in [-0.4, -0.2) is 26.7 Å². The molecule has 0 saturated carbocycles. The quantitative estimate of drug-likeness (QED) is 0.391. The van der Waals surface area contributed by atoms with Gasteiger partial charge in [-0.1, -0.05) is 0 Å². The van der Waals surface area contributed by atoms with E-state index in [1.807, 2.05) is 0 Å². The molecule has 8 heavy (non-hydrogen) atoms. The summed E-state index contributed by atoms with van der Waals surface area (Å²) < 4.78 is 35.0. The highest BCUT2D eigenvalue weighted by atomic mass is 31.2. The number of halogens is 3. The third-order valence-electron chi connectivity index (χ3n) is 0.878. The average molecular weight is 144 g/mol. The lowest BCUT2D eigenvalue weighted by Gasteiger charge is -2.22. The molecule has 0 aromatic heterocycles. The van der Waals surface area contributed by atoms with Crippen LogP contribution in [0.5, 0.6) is 0 Å². The van der Waals surface area contributed by atoms with E-state index in [0.29, 0.717) is 0 Å². The highest BCUT2D eigenvalue weighted by Gasteiger charge is 2.47. The fourth-order valence-electron chi connectivity index (χ4n) is 0. The molecule has 0 aromatic rings. The van der Waals surface area contributed by atoms with Gasteiger partial charge in [0.2, 0.25) is 0 Å². The Labute approximate surface area is 47.8 Å². The van der Waals surface area contributed by atoms with Crippen LogP contribution in [0.3, 0.4) is 0 Å². The van der Waals surface area contributed by atoms with Crippen LogP contribution in [-0.2, 0) is 0 Å². The second-order valence-electron chi connectivity index (χ2n) is 2.66. The van der Waals surface area contributed by atoms with Crippen molar-refractivity contribution in [3.63, 3.8) is 0 Å². The fourth-order valence-corrected chi connectivity index (χ4v) is 0. The molecule has 0 saturated heterocycles. The fraction of sp³-hybridized carbons (Fsp3) is 1.00. The SMILES string of the molecule is C[P+](C)(C)[B-](F)(F)F. The molecule has 0 spiro atoms. The molecule has 0 amide bonds. The maximum absolute atomic E-state index is 11.7. The van der Waals surface area contributed by atoms with E-state index in [2.05, 4.69) is 0 Å². The zero-order valence-corrected chi connectivity index (χ0v) is 6.05. The summed E-state index contributed by atoms with van der Waals surface area (Å²) in [6.45, 7) is -0.681. The van der Waals surface area contributed by atoms with Crippen molar-refractivity contribution in [2.24, 2.45) is 0 Å². The van der Waals surface area contributed by atoms with Crippen molar-refractivity contribution in [1.29, 1.82) is 0 Å². The Morgan fingerprint density at radius 3 is 1.12 bits per heavy atom. The molecule has 0 radical (unpaired) electrons. The molecule has 0 bridgehead atoms. The van der Waals surface area contributed by atoms with Gasteiger partial charge in [-0.2, -0.15) is 0 Å². The lowest BCUT2D eigenvalue weighted by molar-refractivity contribution is 0.515. The standard InChI is InChI=1S/C3H9BF3P/c1-8(2,3)4(5,6)7/h1-3H3. The van der Waals surface area contributed by atoms with Gasteiger partial charge in [0.1, 0.15) is 0 Å². The molecule has 0 aliphatic heterocycles. The largest absolute Gasteiger partial charge is 0.656 e. The zero-order valence-electron chi connectivity index (χ0n) is 5.16. The number of hydrogen-bond donors (Lipinski definition) is 0. The van der Waals surface area contributed by atoms with Crippen LogP contribution >= 0.6 is 7.14 Å². The van der Waals surface area contributed by atoms with Gasteiger partial charge >= 0.3 is 6.70 Å². The minimum Gasteiger partial charge on any atom is -0.410 e. The Bertz CT molecular complexity index is 69.5. The van der Waals surface area contributed by atoms with Crippen molar-refractivity contribution in [3.05, 3.63) is 0 Å². The van der Waals surface area contributed by atoms with Crippen molar-refractivity contribution >= 4 is 13.8 Å². The maximum Gasteiger partial charge on any atom is 0.656 e. The first kappa shape index (κ1) is 8.28. The summed E-state index contributed by atoms with van der Waals surface area (Å²) in [4.78, 5) is 0.